The Morgan fingerprint density at radius 1 is 1.12 bits per heavy atom. The molecule has 0 radical (unpaired) electrons. The molecular weight excluding hydrogens is 303 g/mol. The monoisotopic (exact) mass is 322 g/mol. The van der Waals surface area contributed by atoms with Gasteiger partial charge in [-0.25, -0.2) is 9.37 Å². The van der Waals surface area contributed by atoms with E-state index in [2.05, 4.69) is 17.2 Å². The fourth-order valence-electron chi connectivity index (χ4n) is 2.62. The number of halogens is 1. The van der Waals surface area contributed by atoms with E-state index in [1.807, 2.05) is 30.3 Å². The molecule has 0 atom stereocenters. The highest BCUT2D eigenvalue weighted by molar-refractivity contribution is 6.07. The lowest BCUT2D eigenvalue weighted by Gasteiger charge is -2.10. The van der Waals surface area contributed by atoms with Gasteiger partial charge in [0, 0.05) is 17.5 Å². The molecule has 0 aliphatic heterocycles. The Kier molecular flexibility index (Phi) is 4.85. The van der Waals surface area contributed by atoms with Crippen molar-refractivity contribution >= 4 is 16.8 Å². The second-order valence-corrected chi connectivity index (χ2v) is 5.69. The molecule has 0 unspecified atom stereocenters. The van der Waals surface area contributed by atoms with E-state index in [1.165, 1.54) is 12.1 Å². The SMILES string of the molecule is CCCCNC(=O)c1cc(-c2ccccc2)nc2ccc(F)cc12. The van der Waals surface area contributed by atoms with Crippen LogP contribution < -0.4 is 5.32 Å². The zero-order valence-electron chi connectivity index (χ0n) is 13.6. The molecule has 1 amide bonds. The van der Waals surface area contributed by atoms with Crippen LogP contribution in [0.4, 0.5) is 4.39 Å². The molecule has 0 bridgehead atoms. The van der Waals surface area contributed by atoms with Gasteiger partial charge in [0.05, 0.1) is 16.8 Å². The van der Waals surface area contributed by atoms with Crippen molar-refractivity contribution in [3.63, 3.8) is 0 Å². The molecule has 122 valence electrons. The number of carbonyl (C=O) groups excluding carboxylic acids is 1. The number of hydrogen-bond acceptors (Lipinski definition) is 2. The average molecular weight is 322 g/mol. The Morgan fingerprint density at radius 2 is 1.92 bits per heavy atom. The first-order valence-corrected chi connectivity index (χ1v) is 8.13. The molecule has 4 heteroatoms. The van der Waals surface area contributed by atoms with E-state index in [9.17, 15) is 9.18 Å². The molecule has 3 aromatic rings. The van der Waals surface area contributed by atoms with Crippen molar-refractivity contribution < 1.29 is 9.18 Å². The summed E-state index contributed by atoms with van der Waals surface area (Å²) >= 11 is 0. The first kappa shape index (κ1) is 16.1. The average Bonchev–Trinajstić information content (AvgIpc) is 2.61. The zero-order chi connectivity index (χ0) is 16.9. The third-order valence-electron chi connectivity index (χ3n) is 3.90. The number of amides is 1. The Balaban J connectivity index is 2.10. The summed E-state index contributed by atoms with van der Waals surface area (Å²) in [6.45, 7) is 2.67. The molecule has 0 aliphatic carbocycles. The number of nitrogens with zero attached hydrogens (tertiary/aromatic N) is 1. The Labute approximate surface area is 140 Å². The van der Waals surface area contributed by atoms with Crippen LogP contribution in [-0.2, 0) is 0 Å². The fraction of sp³-hybridized carbons (Fsp3) is 0.200. The van der Waals surface area contributed by atoms with Crippen molar-refractivity contribution in [2.45, 2.75) is 19.8 Å². The van der Waals surface area contributed by atoms with Gasteiger partial charge < -0.3 is 5.32 Å². The Hall–Kier alpha value is -2.75. The minimum Gasteiger partial charge on any atom is -0.352 e. The summed E-state index contributed by atoms with van der Waals surface area (Å²) in [6, 6.07) is 15.7. The topological polar surface area (TPSA) is 42.0 Å². The number of fused-ring (bicyclic) bond motifs is 1. The standard InChI is InChI=1S/C20H19FN2O/c1-2-3-11-22-20(24)17-13-19(14-7-5-4-6-8-14)23-18-10-9-15(21)12-16(17)18/h4-10,12-13H,2-3,11H2,1H3,(H,22,24). The largest absolute Gasteiger partial charge is 0.352 e. The quantitative estimate of drug-likeness (QED) is 0.699. The van der Waals surface area contributed by atoms with Crippen LogP contribution in [-0.4, -0.2) is 17.4 Å². The van der Waals surface area contributed by atoms with Crippen LogP contribution in [0.1, 0.15) is 30.1 Å². The summed E-state index contributed by atoms with van der Waals surface area (Å²) in [5, 5.41) is 3.43. The van der Waals surface area contributed by atoms with Crippen LogP contribution in [0.5, 0.6) is 0 Å². The maximum absolute atomic E-state index is 13.7. The zero-order valence-corrected chi connectivity index (χ0v) is 13.6. The maximum Gasteiger partial charge on any atom is 0.252 e. The number of hydrogen-bond donors (Lipinski definition) is 1. The van der Waals surface area contributed by atoms with Crippen LogP contribution in [0.25, 0.3) is 22.2 Å². The van der Waals surface area contributed by atoms with Crippen molar-refractivity contribution in [1.29, 1.82) is 0 Å². The molecule has 0 saturated carbocycles. The lowest BCUT2D eigenvalue weighted by Crippen LogP contribution is -2.24. The number of rotatable bonds is 5. The van der Waals surface area contributed by atoms with E-state index >= 15 is 0 Å². The normalized spacial score (nSPS) is 10.8. The minimum absolute atomic E-state index is 0.196. The summed E-state index contributed by atoms with van der Waals surface area (Å²) in [6.07, 6.45) is 1.91. The second kappa shape index (κ2) is 7.21. The molecule has 0 fully saturated rings. The van der Waals surface area contributed by atoms with Gasteiger partial charge in [0.15, 0.2) is 0 Å². The van der Waals surface area contributed by atoms with Crippen molar-refractivity contribution in [2.75, 3.05) is 6.54 Å². The molecular formula is C20H19FN2O. The summed E-state index contributed by atoms with van der Waals surface area (Å²) < 4.78 is 13.7. The van der Waals surface area contributed by atoms with Gasteiger partial charge in [-0.05, 0) is 30.7 Å². The van der Waals surface area contributed by atoms with E-state index in [-0.39, 0.29) is 11.7 Å². The predicted octanol–water partition coefficient (Wildman–Crippen LogP) is 4.57. The van der Waals surface area contributed by atoms with E-state index in [1.54, 1.807) is 12.1 Å². The third kappa shape index (κ3) is 3.43. The van der Waals surface area contributed by atoms with Crippen molar-refractivity contribution in [1.82, 2.24) is 10.3 Å². The molecule has 2 aromatic carbocycles. The first-order valence-electron chi connectivity index (χ1n) is 8.13. The maximum atomic E-state index is 13.7. The van der Waals surface area contributed by atoms with Crippen molar-refractivity contribution in [3.05, 3.63) is 66.0 Å². The van der Waals surface area contributed by atoms with Crippen LogP contribution in [0.15, 0.2) is 54.6 Å². The smallest absolute Gasteiger partial charge is 0.252 e. The van der Waals surface area contributed by atoms with Crippen LogP contribution in [0, 0.1) is 5.82 Å². The number of benzene rings is 2. The number of pyridine rings is 1. The van der Waals surface area contributed by atoms with Crippen LogP contribution in [0.3, 0.4) is 0 Å². The highest BCUT2D eigenvalue weighted by atomic mass is 19.1. The van der Waals surface area contributed by atoms with E-state index in [0.29, 0.717) is 28.7 Å². The predicted molar refractivity (Wildman–Crippen MR) is 94.4 cm³/mol. The first-order chi connectivity index (χ1) is 11.7. The van der Waals surface area contributed by atoms with Crippen LogP contribution >= 0.6 is 0 Å². The van der Waals surface area contributed by atoms with Crippen molar-refractivity contribution in [3.8, 4) is 11.3 Å². The molecule has 0 spiro atoms. The van der Waals surface area contributed by atoms with Gasteiger partial charge in [0.2, 0.25) is 0 Å². The van der Waals surface area contributed by atoms with Gasteiger partial charge >= 0.3 is 0 Å². The molecule has 3 nitrogen and oxygen atoms in total. The number of aromatic nitrogens is 1. The third-order valence-corrected chi connectivity index (χ3v) is 3.90. The molecule has 1 aromatic heterocycles. The van der Waals surface area contributed by atoms with E-state index in [4.69, 9.17) is 0 Å². The van der Waals surface area contributed by atoms with Gasteiger partial charge in [-0.1, -0.05) is 43.7 Å². The van der Waals surface area contributed by atoms with Gasteiger partial charge in [-0.15, -0.1) is 0 Å². The lowest BCUT2D eigenvalue weighted by molar-refractivity contribution is 0.0955. The van der Waals surface area contributed by atoms with Gasteiger partial charge in [0.1, 0.15) is 5.82 Å². The van der Waals surface area contributed by atoms with E-state index in [0.717, 1.165) is 18.4 Å². The van der Waals surface area contributed by atoms with Crippen molar-refractivity contribution in [2.24, 2.45) is 0 Å². The van der Waals surface area contributed by atoms with Crippen LogP contribution in [0.2, 0.25) is 0 Å². The molecule has 1 heterocycles. The lowest BCUT2D eigenvalue weighted by atomic mass is 10.0. The number of nitrogens with one attached hydrogen (secondary N) is 1. The summed E-state index contributed by atoms with van der Waals surface area (Å²) in [5.41, 5.74) is 2.69. The Morgan fingerprint density at radius 3 is 2.67 bits per heavy atom. The molecule has 1 N–H and O–H groups in total. The van der Waals surface area contributed by atoms with Gasteiger partial charge in [-0.3, -0.25) is 4.79 Å². The summed E-state index contributed by atoms with van der Waals surface area (Å²) in [7, 11) is 0. The van der Waals surface area contributed by atoms with E-state index < -0.39 is 0 Å². The minimum atomic E-state index is -0.376. The summed E-state index contributed by atoms with van der Waals surface area (Å²) in [4.78, 5) is 17.1. The van der Waals surface area contributed by atoms with Gasteiger partial charge in [-0.2, -0.15) is 0 Å². The number of unbranched alkanes of at least 4 members (excludes halogenated alkanes) is 1. The Bertz CT molecular complexity index is 862. The van der Waals surface area contributed by atoms with Gasteiger partial charge in [0.25, 0.3) is 5.91 Å². The fourth-order valence-corrected chi connectivity index (χ4v) is 2.62. The highest BCUT2D eigenvalue weighted by Gasteiger charge is 2.14. The number of carbonyl (C=O) groups is 1. The molecule has 24 heavy (non-hydrogen) atoms. The molecule has 0 saturated heterocycles. The summed E-state index contributed by atoms with van der Waals surface area (Å²) in [5.74, 6) is -0.571. The highest BCUT2D eigenvalue weighted by Crippen LogP contribution is 2.25. The molecule has 0 aliphatic rings. The molecule has 3 rings (SSSR count). The second-order valence-electron chi connectivity index (χ2n) is 5.69.